The van der Waals surface area contributed by atoms with Crippen molar-refractivity contribution < 1.29 is 28.9 Å². The lowest BCUT2D eigenvalue weighted by Crippen LogP contribution is -2.15. The van der Waals surface area contributed by atoms with Crippen molar-refractivity contribution in [3.8, 4) is 22.6 Å². The van der Waals surface area contributed by atoms with E-state index in [-0.39, 0.29) is 28.6 Å². The van der Waals surface area contributed by atoms with E-state index in [1.165, 1.54) is 24.3 Å². The van der Waals surface area contributed by atoms with Crippen LogP contribution >= 0.6 is 11.6 Å². The summed E-state index contributed by atoms with van der Waals surface area (Å²) in [4.78, 5) is 11.3. The summed E-state index contributed by atoms with van der Waals surface area (Å²) in [7, 11) is 0. The molecule has 0 aliphatic carbocycles. The molecule has 0 saturated carbocycles. The Kier molecular flexibility index (Phi) is 5.00. The van der Waals surface area contributed by atoms with E-state index in [0.29, 0.717) is 22.6 Å². The summed E-state index contributed by atoms with van der Waals surface area (Å²) in [6.45, 7) is 0.131. The molecule has 3 aromatic rings. The van der Waals surface area contributed by atoms with Crippen molar-refractivity contribution in [2.75, 3.05) is 12.1 Å². The van der Waals surface area contributed by atoms with Crippen molar-refractivity contribution in [3.63, 3.8) is 0 Å². The second-order valence-electron chi connectivity index (χ2n) is 6.32. The van der Waals surface area contributed by atoms with Crippen LogP contribution in [0.3, 0.4) is 0 Å². The Morgan fingerprint density at radius 2 is 1.83 bits per heavy atom. The van der Waals surface area contributed by atoms with E-state index in [2.05, 4.69) is 5.32 Å². The van der Waals surface area contributed by atoms with Crippen molar-refractivity contribution >= 4 is 23.3 Å². The second kappa shape index (κ2) is 7.62. The van der Waals surface area contributed by atoms with Gasteiger partial charge in [0.1, 0.15) is 5.82 Å². The van der Waals surface area contributed by atoms with Crippen LogP contribution in [-0.4, -0.2) is 23.0 Å². The van der Waals surface area contributed by atoms with Crippen molar-refractivity contribution in [1.82, 2.24) is 0 Å². The number of benzene rings is 3. The zero-order valence-electron chi connectivity index (χ0n) is 14.9. The summed E-state index contributed by atoms with van der Waals surface area (Å²) in [5.74, 6) is -0.732. The van der Waals surface area contributed by atoms with Crippen LogP contribution in [0.2, 0.25) is 5.02 Å². The Labute approximate surface area is 170 Å². The minimum absolute atomic E-state index is 0.0320. The largest absolute Gasteiger partial charge is 0.478 e. The lowest BCUT2D eigenvalue weighted by molar-refractivity contribution is 0.0690. The van der Waals surface area contributed by atoms with E-state index in [1.54, 1.807) is 30.3 Å². The molecule has 1 atom stereocenters. The molecule has 29 heavy (non-hydrogen) atoms. The summed E-state index contributed by atoms with van der Waals surface area (Å²) in [6.07, 6.45) is -1.47. The molecule has 3 aromatic carbocycles. The number of carboxylic acids is 1. The molecule has 0 amide bonds. The summed E-state index contributed by atoms with van der Waals surface area (Å²) < 4.78 is 25.4. The smallest absolute Gasteiger partial charge is 0.336 e. The van der Waals surface area contributed by atoms with Crippen LogP contribution in [0.25, 0.3) is 11.1 Å². The number of carboxylic acid groups (broad SMARTS) is 1. The molecular formula is C21H15ClFNO5. The van der Waals surface area contributed by atoms with Crippen molar-refractivity contribution in [2.24, 2.45) is 0 Å². The topological polar surface area (TPSA) is 88.0 Å². The summed E-state index contributed by atoms with van der Waals surface area (Å²) >= 11 is 6.25. The molecule has 1 heterocycles. The Hall–Kier alpha value is -3.29. The van der Waals surface area contributed by atoms with Crippen LogP contribution in [0.4, 0.5) is 10.1 Å². The number of aromatic carboxylic acids is 1. The maximum atomic E-state index is 14.8. The molecule has 0 aromatic heterocycles. The molecule has 0 fully saturated rings. The number of anilines is 1. The average molecular weight is 416 g/mol. The molecule has 0 saturated heterocycles. The van der Waals surface area contributed by atoms with Gasteiger partial charge in [-0.2, -0.15) is 0 Å². The molecular weight excluding hydrogens is 401 g/mol. The van der Waals surface area contributed by atoms with Gasteiger partial charge in [0.05, 0.1) is 16.3 Å². The molecule has 1 unspecified atom stereocenters. The predicted octanol–water partition coefficient (Wildman–Crippen LogP) is 4.68. The van der Waals surface area contributed by atoms with Crippen LogP contribution in [0.15, 0.2) is 54.6 Å². The highest BCUT2D eigenvalue weighted by Crippen LogP contribution is 2.38. The van der Waals surface area contributed by atoms with Gasteiger partial charge in [-0.05, 0) is 41.5 Å². The maximum Gasteiger partial charge on any atom is 0.336 e. The Morgan fingerprint density at radius 3 is 2.59 bits per heavy atom. The molecule has 0 spiro atoms. The van der Waals surface area contributed by atoms with Gasteiger partial charge in [0.15, 0.2) is 17.7 Å². The second-order valence-corrected chi connectivity index (χ2v) is 6.73. The van der Waals surface area contributed by atoms with Crippen molar-refractivity contribution in [3.05, 3.63) is 76.6 Å². The van der Waals surface area contributed by atoms with E-state index >= 15 is 0 Å². The fourth-order valence-corrected chi connectivity index (χ4v) is 3.36. The van der Waals surface area contributed by atoms with Gasteiger partial charge >= 0.3 is 5.97 Å². The lowest BCUT2D eigenvalue weighted by atomic mass is 10.0. The van der Waals surface area contributed by atoms with Crippen LogP contribution < -0.4 is 14.8 Å². The van der Waals surface area contributed by atoms with E-state index < -0.39 is 18.0 Å². The quantitative estimate of drug-likeness (QED) is 0.524. The number of hydrogen-bond donors (Lipinski definition) is 3. The Morgan fingerprint density at radius 1 is 1.07 bits per heavy atom. The summed E-state index contributed by atoms with van der Waals surface area (Å²) in [5, 5.41) is 22.3. The molecule has 8 heteroatoms. The Balaban J connectivity index is 1.64. The number of fused-ring (bicyclic) bond motifs is 1. The van der Waals surface area contributed by atoms with Gasteiger partial charge in [-0.25, -0.2) is 9.18 Å². The van der Waals surface area contributed by atoms with Crippen LogP contribution in [0.5, 0.6) is 11.5 Å². The average Bonchev–Trinajstić information content (AvgIpc) is 3.18. The summed E-state index contributed by atoms with van der Waals surface area (Å²) in [6, 6.07) is 13.9. The number of nitrogens with one attached hydrogen (secondary N) is 1. The molecule has 148 valence electrons. The number of carbonyl (C=O) groups is 1. The fraction of sp³-hybridized carbons (Fsp3) is 0.0952. The fourth-order valence-electron chi connectivity index (χ4n) is 3.10. The third-order valence-electron chi connectivity index (χ3n) is 4.51. The maximum absolute atomic E-state index is 14.8. The monoisotopic (exact) mass is 415 g/mol. The van der Waals surface area contributed by atoms with Crippen molar-refractivity contribution in [2.45, 2.75) is 6.23 Å². The minimum Gasteiger partial charge on any atom is -0.478 e. The number of aliphatic hydroxyl groups is 1. The zero-order valence-corrected chi connectivity index (χ0v) is 15.6. The molecule has 4 rings (SSSR count). The standard InChI is InChI=1S/C21H15ClFNO5/c22-15-7-12(11-5-6-17-18(9-11)29-10-28-17)8-16(23)19(15)24-20(25)13-3-1-2-4-14(13)21(26)27/h1-9,20,24-25H,10H2,(H,26,27). The molecule has 6 nitrogen and oxygen atoms in total. The van der Waals surface area contributed by atoms with Gasteiger partial charge in [-0.1, -0.05) is 35.9 Å². The van der Waals surface area contributed by atoms with Crippen LogP contribution in [-0.2, 0) is 0 Å². The zero-order chi connectivity index (χ0) is 20.5. The first-order chi connectivity index (χ1) is 13.9. The predicted molar refractivity (Wildman–Crippen MR) is 105 cm³/mol. The van der Waals surface area contributed by atoms with E-state index in [1.807, 2.05) is 0 Å². The minimum atomic E-state index is -1.47. The van der Waals surface area contributed by atoms with Crippen molar-refractivity contribution in [1.29, 1.82) is 0 Å². The number of hydrogen-bond acceptors (Lipinski definition) is 5. The molecule has 0 radical (unpaired) electrons. The molecule has 3 N–H and O–H groups in total. The van der Waals surface area contributed by atoms with E-state index in [4.69, 9.17) is 21.1 Å². The molecule has 0 bridgehead atoms. The van der Waals surface area contributed by atoms with Gasteiger partial charge in [-0.15, -0.1) is 0 Å². The van der Waals surface area contributed by atoms with E-state index in [0.717, 1.165) is 0 Å². The first-order valence-corrected chi connectivity index (χ1v) is 8.97. The normalized spacial score (nSPS) is 13.2. The van der Waals surface area contributed by atoms with Crippen LogP contribution in [0, 0.1) is 5.82 Å². The number of ether oxygens (including phenoxy) is 2. The summed E-state index contributed by atoms with van der Waals surface area (Å²) in [5.41, 5.74) is 1.05. The number of halogens is 2. The first kappa shape index (κ1) is 19.0. The number of rotatable bonds is 5. The highest BCUT2D eigenvalue weighted by atomic mass is 35.5. The van der Waals surface area contributed by atoms with Gasteiger partial charge < -0.3 is 25.0 Å². The highest BCUT2D eigenvalue weighted by Gasteiger charge is 2.20. The number of aliphatic hydroxyl groups excluding tert-OH is 1. The molecule has 1 aliphatic rings. The highest BCUT2D eigenvalue weighted by molar-refractivity contribution is 6.33. The Bertz CT molecular complexity index is 1080. The van der Waals surface area contributed by atoms with E-state index in [9.17, 15) is 19.4 Å². The third kappa shape index (κ3) is 3.70. The van der Waals surface area contributed by atoms with Crippen LogP contribution in [0.1, 0.15) is 22.1 Å². The van der Waals surface area contributed by atoms with Gasteiger partial charge in [-0.3, -0.25) is 0 Å². The van der Waals surface area contributed by atoms with Gasteiger partial charge in [0, 0.05) is 5.56 Å². The lowest BCUT2D eigenvalue weighted by Gasteiger charge is -2.18. The van der Waals surface area contributed by atoms with Gasteiger partial charge in [0.25, 0.3) is 0 Å². The SMILES string of the molecule is O=C(O)c1ccccc1C(O)Nc1c(F)cc(-c2ccc3c(c2)OCO3)cc1Cl. The third-order valence-corrected chi connectivity index (χ3v) is 4.81. The molecule has 1 aliphatic heterocycles. The first-order valence-electron chi connectivity index (χ1n) is 8.60. The van der Waals surface area contributed by atoms with Gasteiger partial charge in [0.2, 0.25) is 6.79 Å².